The molecule has 1 heterocycles. The minimum atomic E-state index is -0.475. The van der Waals surface area contributed by atoms with Crippen LogP contribution in [0.3, 0.4) is 0 Å². The normalized spacial score (nSPS) is 12.8. The number of hydrogen-bond acceptors (Lipinski definition) is 4. The van der Waals surface area contributed by atoms with Crippen LogP contribution in [0, 0.1) is 0 Å². The summed E-state index contributed by atoms with van der Waals surface area (Å²) >= 11 is 3.33. The lowest BCUT2D eigenvalue weighted by Crippen LogP contribution is -2.42. The lowest BCUT2D eigenvalue weighted by atomic mass is 10.2. The zero-order chi connectivity index (χ0) is 15.2. The van der Waals surface area contributed by atoms with Gasteiger partial charge in [-0.25, -0.2) is 9.78 Å². The quantitative estimate of drug-likeness (QED) is 0.807. The molecule has 6 heteroatoms. The molecule has 0 saturated carbocycles. The van der Waals surface area contributed by atoms with Gasteiger partial charge in [0.25, 0.3) is 0 Å². The second-order valence-corrected chi connectivity index (χ2v) is 6.44. The Bertz CT molecular complexity index is 446. The van der Waals surface area contributed by atoms with Crippen molar-refractivity contribution in [2.75, 3.05) is 6.54 Å². The van der Waals surface area contributed by atoms with Crippen molar-refractivity contribution in [3.63, 3.8) is 0 Å². The molecule has 1 aromatic heterocycles. The molecule has 0 radical (unpaired) electrons. The second-order valence-electron chi connectivity index (χ2n) is 5.63. The number of aromatic nitrogens is 1. The van der Waals surface area contributed by atoms with Crippen molar-refractivity contribution in [2.45, 2.75) is 45.9 Å². The van der Waals surface area contributed by atoms with Crippen LogP contribution in [-0.4, -0.2) is 29.3 Å². The highest BCUT2D eigenvalue weighted by atomic mass is 79.9. The summed E-state index contributed by atoms with van der Waals surface area (Å²) in [6.07, 6.45) is -0.396. The first-order chi connectivity index (χ1) is 9.26. The van der Waals surface area contributed by atoms with Gasteiger partial charge in [-0.05, 0) is 55.8 Å². The number of ether oxygens (including phenoxy) is 1. The first-order valence-electron chi connectivity index (χ1n) is 6.58. The smallest absolute Gasteiger partial charge is 0.407 e. The van der Waals surface area contributed by atoms with E-state index in [4.69, 9.17) is 4.74 Å². The zero-order valence-corrected chi connectivity index (χ0v) is 14.0. The fourth-order valence-electron chi connectivity index (χ4n) is 1.53. The van der Waals surface area contributed by atoms with E-state index in [0.29, 0.717) is 13.1 Å². The zero-order valence-electron chi connectivity index (χ0n) is 12.4. The number of carbonyl (C=O) groups is 1. The predicted molar refractivity (Wildman–Crippen MR) is 82.5 cm³/mol. The first kappa shape index (κ1) is 16.9. The van der Waals surface area contributed by atoms with E-state index in [0.717, 1.165) is 10.3 Å². The highest BCUT2D eigenvalue weighted by Crippen LogP contribution is 2.07. The van der Waals surface area contributed by atoms with Gasteiger partial charge in [0, 0.05) is 19.1 Å². The van der Waals surface area contributed by atoms with Gasteiger partial charge in [0.05, 0.1) is 5.69 Å². The molecule has 1 rings (SSSR count). The van der Waals surface area contributed by atoms with Crippen LogP contribution in [0.25, 0.3) is 0 Å². The van der Waals surface area contributed by atoms with Crippen molar-refractivity contribution in [1.82, 2.24) is 15.6 Å². The summed E-state index contributed by atoms with van der Waals surface area (Å²) in [5.41, 5.74) is 0.473. The standard InChI is InChI=1S/C14H22BrN3O2/c1-10(17-13(19)20-14(2,3)4)8-16-9-11-6-5-7-12(15)18-11/h5-7,10,16H,8-9H2,1-4H3,(H,17,19). The fourth-order valence-corrected chi connectivity index (χ4v) is 1.91. The van der Waals surface area contributed by atoms with Gasteiger partial charge < -0.3 is 15.4 Å². The molecular weight excluding hydrogens is 322 g/mol. The number of nitrogens with zero attached hydrogens (tertiary/aromatic N) is 1. The second kappa shape index (κ2) is 7.59. The minimum absolute atomic E-state index is 0.0167. The average molecular weight is 344 g/mol. The lowest BCUT2D eigenvalue weighted by Gasteiger charge is -2.22. The van der Waals surface area contributed by atoms with Crippen LogP contribution in [0.4, 0.5) is 4.79 Å². The molecule has 1 unspecified atom stereocenters. The van der Waals surface area contributed by atoms with Gasteiger partial charge in [-0.2, -0.15) is 0 Å². The topological polar surface area (TPSA) is 63.2 Å². The van der Waals surface area contributed by atoms with Crippen LogP contribution in [0.15, 0.2) is 22.8 Å². The van der Waals surface area contributed by atoms with Gasteiger partial charge in [-0.3, -0.25) is 0 Å². The molecule has 1 atom stereocenters. The molecular formula is C14H22BrN3O2. The number of halogens is 1. The molecule has 0 saturated heterocycles. The monoisotopic (exact) mass is 343 g/mol. The average Bonchev–Trinajstić information content (AvgIpc) is 2.25. The van der Waals surface area contributed by atoms with E-state index in [1.807, 2.05) is 45.9 Å². The molecule has 0 aliphatic heterocycles. The molecule has 1 amide bonds. The third kappa shape index (κ3) is 7.45. The van der Waals surface area contributed by atoms with Crippen LogP contribution in [0.5, 0.6) is 0 Å². The first-order valence-corrected chi connectivity index (χ1v) is 7.37. The van der Waals surface area contributed by atoms with Crippen molar-refractivity contribution >= 4 is 22.0 Å². The molecule has 112 valence electrons. The Balaban J connectivity index is 2.26. The van der Waals surface area contributed by atoms with E-state index < -0.39 is 11.7 Å². The maximum Gasteiger partial charge on any atom is 0.407 e. The van der Waals surface area contributed by atoms with Crippen LogP contribution in [0.1, 0.15) is 33.4 Å². The highest BCUT2D eigenvalue weighted by molar-refractivity contribution is 9.10. The Morgan fingerprint density at radius 3 is 2.75 bits per heavy atom. The van der Waals surface area contributed by atoms with Crippen LogP contribution >= 0.6 is 15.9 Å². The third-order valence-corrected chi connectivity index (χ3v) is 2.73. The molecule has 5 nitrogen and oxygen atoms in total. The van der Waals surface area contributed by atoms with Gasteiger partial charge in [-0.15, -0.1) is 0 Å². The molecule has 2 N–H and O–H groups in total. The number of hydrogen-bond donors (Lipinski definition) is 2. The summed E-state index contributed by atoms with van der Waals surface area (Å²) in [5.74, 6) is 0. The maximum atomic E-state index is 11.6. The van der Waals surface area contributed by atoms with Gasteiger partial charge in [0.1, 0.15) is 10.2 Å². The summed E-state index contributed by atoms with van der Waals surface area (Å²) in [5, 5.41) is 6.02. The van der Waals surface area contributed by atoms with E-state index >= 15 is 0 Å². The van der Waals surface area contributed by atoms with E-state index in [1.54, 1.807) is 0 Å². The Hall–Kier alpha value is -1.14. The van der Waals surface area contributed by atoms with Gasteiger partial charge >= 0.3 is 6.09 Å². The molecule has 1 aromatic rings. The van der Waals surface area contributed by atoms with Gasteiger partial charge in [-0.1, -0.05) is 6.07 Å². The van der Waals surface area contributed by atoms with Gasteiger partial charge in [0.15, 0.2) is 0 Å². The van der Waals surface area contributed by atoms with Crippen molar-refractivity contribution in [1.29, 1.82) is 0 Å². The number of carbonyl (C=O) groups excluding carboxylic acids is 1. The van der Waals surface area contributed by atoms with Crippen molar-refractivity contribution < 1.29 is 9.53 Å². The number of nitrogens with one attached hydrogen (secondary N) is 2. The fraction of sp³-hybridized carbons (Fsp3) is 0.571. The summed E-state index contributed by atoms with van der Waals surface area (Å²) in [7, 11) is 0. The Kier molecular flexibility index (Phi) is 6.42. The number of pyridine rings is 1. The van der Waals surface area contributed by atoms with E-state index in [1.165, 1.54) is 0 Å². The van der Waals surface area contributed by atoms with E-state index in [2.05, 4.69) is 31.5 Å². The minimum Gasteiger partial charge on any atom is -0.444 e. The Morgan fingerprint density at radius 1 is 1.45 bits per heavy atom. The van der Waals surface area contributed by atoms with Crippen molar-refractivity contribution in [2.24, 2.45) is 0 Å². The molecule has 0 aliphatic carbocycles. The van der Waals surface area contributed by atoms with Gasteiger partial charge in [0.2, 0.25) is 0 Å². The van der Waals surface area contributed by atoms with Crippen molar-refractivity contribution in [3.8, 4) is 0 Å². The van der Waals surface area contributed by atoms with Crippen LogP contribution < -0.4 is 10.6 Å². The van der Waals surface area contributed by atoms with Crippen LogP contribution in [0.2, 0.25) is 0 Å². The summed E-state index contributed by atoms with van der Waals surface area (Å²) in [4.78, 5) is 15.9. The number of rotatable bonds is 5. The third-order valence-electron chi connectivity index (χ3n) is 2.29. The maximum absolute atomic E-state index is 11.6. The summed E-state index contributed by atoms with van der Waals surface area (Å²) < 4.78 is 6.01. The summed E-state index contributed by atoms with van der Waals surface area (Å²) in [6, 6.07) is 5.76. The van der Waals surface area contributed by atoms with E-state index in [9.17, 15) is 4.79 Å². The van der Waals surface area contributed by atoms with Crippen molar-refractivity contribution in [3.05, 3.63) is 28.5 Å². The molecule has 0 fully saturated rings. The lowest BCUT2D eigenvalue weighted by molar-refractivity contribution is 0.0508. The Morgan fingerprint density at radius 2 is 2.15 bits per heavy atom. The SMILES string of the molecule is CC(CNCc1cccc(Br)n1)NC(=O)OC(C)(C)C. The molecule has 0 aromatic carbocycles. The molecule has 0 spiro atoms. The Labute approximate surface area is 128 Å². The summed E-state index contributed by atoms with van der Waals surface area (Å²) in [6.45, 7) is 8.75. The molecule has 20 heavy (non-hydrogen) atoms. The predicted octanol–water partition coefficient (Wildman–Crippen LogP) is 2.85. The largest absolute Gasteiger partial charge is 0.444 e. The molecule has 0 aliphatic rings. The molecule has 0 bridgehead atoms. The van der Waals surface area contributed by atoms with E-state index in [-0.39, 0.29) is 6.04 Å². The number of amides is 1. The van der Waals surface area contributed by atoms with Crippen LogP contribution in [-0.2, 0) is 11.3 Å². The highest BCUT2D eigenvalue weighted by Gasteiger charge is 2.17. The number of alkyl carbamates (subject to hydrolysis) is 1.